The normalized spacial score (nSPS) is 9.09. The van der Waals surface area contributed by atoms with E-state index in [4.69, 9.17) is 22.0 Å². The lowest BCUT2D eigenvalue weighted by atomic mass is 10.3. The van der Waals surface area contributed by atoms with Crippen LogP contribution in [-0.2, 0) is 0 Å². The molecule has 0 bridgehead atoms. The second-order valence-corrected chi connectivity index (χ2v) is 2.06. The van der Waals surface area contributed by atoms with Crippen molar-refractivity contribution in [3.63, 3.8) is 0 Å². The number of rotatable bonds is 1. The summed E-state index contributed by atoms with van der Waals surface area (Å²) in [7, 11) is 0. The van der Waals surface area contributed by atoms with E-state index in [0.29, 0.717) is 0 Å². The molecule has 0 radical (unpaired) electrons. The van der Waals surface area contributed by atoms with E-state index in [0.717, 1.165) is 6.07 Å². The van der Waals surface area contributed by atoms with Crippen LogP contribution in [0.25, 0.3) is 0 Å². The van der Waals surface area contributed by atoms with Gasteiger partial charge in [-0.1, -0.05) is 0 Å². The zero-order chi connectivity index (χ0) is 8.43. The van der Waals surface area contributed by atoms with E-state index in [2.05, 4.69) is 4.42 Å². The maximum atomic E-state index is 10.2. The second-order valence-electron chi connectivity index (χ2n) is 1.71. The van der Waals surface area contributed by atoms with Crippen LogP contribution in [0.5, 0.6) is 0 Å². The first-order chi connectivity index (χ1) is 5.15. The van der Waals surface area contributed by atoms with Gasteiger partial charge in [0.05, 0.1) is 0 Å². The quantitative estimate of drug-likeness (QED) is 0.695. The van der Waals surface area contributed by atoms with E-state index in [-0.39, 0.29) is 16.5 Å². The van der Waals surface area contributed by atoms with Crippen LogP contribution in [0, 0.1) is 11.3 Å². The Morgan fingerprint density at radius 3 is 2.73 bits per heavy atom. The fourth-order valence-corrected chi connectivity index (χ4v) is 0.730. The molecule has 11 heavy (non-hydrogen) atoms. The van der Waals surface area contributed by atoms with Crippen molar-refractivity contribution in [2.75, 3.05) is 0 Å². The maximum Gasteiger partial charge on any atom is 0.371 e. The molecule has 1 aromatic heterocycles. The van der Waals surface area contributed by atoms with Gasteiger partial charge in [-0.25, -0.2) is 4.79 Å². The predicted octanol–water partition coefficient (Wildman–Crippen LogP) is 1.50. The molecule has 0 aliphatic carbocycles. The summed E-state index contributed by atoms with van der Waals surface area (Å²) in [5, 5.41) is 16.5. The highest BCUT2D eigenvalue weighted by Gasteiger charge is 2.13. The van der Waals surface area contributed by atoms with E-state index >= 15 is 0 Å². The van der Waals surface area contributed by atoms with Crippen molar-refractivity contribution in [1.29, 1.82) is 5.26 Å². The summed E-state index contributed by atoms with van der Waals surface area (Å²) in [5.41, 5.74) is 0.0315. The third-order valence-corrected chi connectivity index (χ3v) is 1.30. The second kappa shape index (κ2) is 2.64. The fraction of sp³-hybridized carbons (Fsp3) is 0. The molecule has 1 heterocycles. The largest absolute Gasteiger partial charge is 0.475 e. The van der Waals surface area contributed by atoms with Gasteiger partial charge in [0.25, 0.3) is 0 Å². The predicted molar refractivity (Wildman–Crippen MR) is 35.4 cm³/mol. The first kappa shape index (κ1) is 7.63. The van der Waals surface area contributed by atoms with Gasteiger partial charge in [-0.05, 0) is 11.6 Å². The zero-order valence-corrected chi connectivity index (χ0v) is 5.92. The Morgan fingerprint density at radius 1 is 1.82 bits per heavy atom. The van der Waals surface area contributed by atoms with E-state index in [9.17, 15) is 4.79 Å². The van der Waals surface area contributed by atoms with E-state index in [1.165, 1.54) is 0 Å². The summed E-state index contributed by atoms with van der Waals surface area (Å²) < 4.78 is 4.51. The molecule has 0 saturated heterocycles. The smallest absolute Gasteiger partial charge is 0.371 e. The topological polar surface area (TPSA) is 74.2 Å². The monoisotopic (exact) mass is 171 g/mol. The van der Waals surface area contributed by atoms with Crippen molar-refractivity contribution < 1.29 is 14.3 Å². The van der Waals surface area contributed by atoms with Crippen LogP contribution in [0.4, 0.5) is 0 Å². The Balaban J connectivity index is 3.18. The Kier molecular flexibility index (Phi) is 1.83. The molecular formula is C6H2ClNO3. The van der Waals surface area contributed by atoms with Crippen LogP contribution >= 0.6 is 11.6 Å². The van der Waals surface area contributed by atoms with Crippen LogP contribution in [-0.4, -0.2) is 11.1 Å². The number of hydrogen-bond acceptors (Lipinski definition) is 3. The van der Waals surface area contributed by atoms with Gasteiger partial charge in [-0.15, -0.1) is 0 Å². The van der Waals surface area contributed by atoms with Gasteiger partial charge >= 0.3 is 5.97 Å². The van der Waals surface area contributed by atoms with E-state index in [1.807, 2.05) is 0 Å². The SMILES string of the molecule is N#Cc1cc(C(=O)O)oc1Cl. The van der Waals surface area contributed by atoms with Crippen molar-refractivity contribution in [3.05, 3.63) is 22.6 Å². The molecule has 0 aliphatic heterocycles. The lowest BCUT2D eigenvalue weighted by Crippen LogP contribution is -1.91. The average molecular weight is 172 g/mol. The van der Waals surface area contributed by atoms with Gasteiger partial charge in [0.2, 0.25) is 11.0 Å². The first-order valence-electron chi connectivity index (χ1n) is 2.58. The maximum absolute atomic E-state index is 10.2. The van der Waals surface area contributed by atoms with Crippen LogP contribution < -0.4 is 0 Å². The minimum atomic E-state index is -1.24. The number of hydrogen-bond donors (Lipinski definition) is 1. The van der Waals surface area contributed by atoms with Gasteiger partial charge in [-0.3, -0.25) is 0 Å². The van der Waals surface area contributed by atoms with Crippen molar-refractivity contribution in [2.45, 2.75) is 0 Å². The summed E-state index contributed by atoms with van der Waals surface area (Å²) in [6.07, 6.45) is 0. The van der Waals surface area contributed by atoms with Gasteiger partial charge in [0.15, 0.2) is 0 Å². The molecule has 56 valence electrons. The number of carboxylic acid groups (broad SMARTS) is 1. The van der Waals surface area contributed by atoms with Crippen LogP contribution in [0.2, 0.25) is 5.22 Å². The van der Waals surface area contributed by atoms with Crippen LogP contribution in [0.15, 0.2) is 10.5 Å². The summed E-state index contributed by atoms with van der Waals surface area (Å²) >= 11 is 5.34. The molecule has 0 aromatic carbocycles. The van der Waals surface area contributed by atoms with E-state index < -0.39 is 5.97 Å². The van der Waals surface area contributed by atoms with Gasteiger partial charge in [0.1, 0.15) is 11.6 Å². The summed E-state index contributed by atoms with van der Waals surface area (Å²) in [6.45, 7) is 0. The van der Waals surface area contributed by atoms with Crippen LogP contribution in [0.3, 0.4) is 0 Å². The summed E-state index contributed by atoms with van der Waals surface area (Å²) in [5.74, 6) is -1.57. The molecule has 0 amide bonds. The standard InChI is InChI=1S/C6H2ClNO3/c7-5-3(2-8)1-4(11-5)6(9)10/h1H,(H,9,10). The Hall–Kier alpha value is -1.47. The number of nitrogens with zero attached hydrogens (tertiary/aromatic N) is 1. The highest BCUT2D eigenvalue weighted by Crippen LogP contribution is 2.19. The highest BCUT2D eigenvalue weighted by molar-refractivity contribution is 6.30. The number of carboxylic acids is 1. The van der Waals surface area contributed by atoms with Gasteiger partial charge in [0, 0.05) is 6.07 Å². The van der Waals surface area contributed by atoms with E-state index in [1.54, 1.807) is 6.07 Å². The van der Waals surface area contributed by atoms with Gasteiger partial charge < -0.3 is 9.52 Å². The van der Waals surface area contributed by atoms with Crippen molar-refractivity contribution in [2.24, 2.45) is 0 Å². The molecular weight excluding hydrogens is 170 g/mol. The molecule has 0 fully saturated rings. The zero-order valence-electron chi connectivity index (χ0n) is 5.17. The Morgan fingerprint density at radius 2 is 2.45 bits per heavy atom. The minimum Gasteiger partial charge on any atom is -0.475 e. The third-order valence-electron chi connectivity index (χ3n) is 1.02. The number of halogens is 1. The number of aromatic carboxylic acids is 1. The molecule has 1 aromatic rings. The molecule has 0 spiro atoms. The van der Waals surface area contributed by atoms with Crippen molar-refractivity contribution >= 4 is 17.6 Å². The molecule has 0 aliphatic rings. The first-order valence-corrected chi connectivity index (χ1v) is 2.95. The van der Waals surface area contributed by atoms with Crippen molar-refractivity contribution in [1.82, 2.24) is 0 Å². The summed E-state index contributed by atoms with van der Waals surface area (Å²) in [4.78, 5) is 10.2. The molecule has 0 saturated carbocycles. The molecule has 4 nitrogen and oxygen atoms in total. The minimum absolute atomic E-state index is 0.0315. The number of carbonyl (C=O) groups is 1. The summed E-state index contributed by atoms with van der Waals surface area (Å²) in [6, 6.07) is 2.76. The lowest BCUT2D eigenvalue weighted by Gasteiger charge is -1.80. The molecule has 1 rings (SSSR count). The number of nitriles is 1. The average Bonchev–Trinajstić information content (AvgIpc) is 2.31. The molecule has 5 heteroatoms. The molecule has 1 N–H and O–H groups in total. The van der Waals surface area contributed by atoms with Crippen molar-refractivity contribution in [3.8, 4) is 6.07 Å². The Labute approximate surface area is 66.6 Å². The third kappa shape index (κ3) is 1.33. The fourth-order valence-electron chi connectivity index (χ4n) is 0.550. The van der Waals surface area contributed by atoms with Gasteiger partial charge in [-0.2, -0.15) is 5.26 Å². The lowest BCUT2D eigenvalue weighted by molar-refractivity contribution is 0.0662. The Bertz CT molecular complexity index is 336. The number of furan rings is 1. The molecule has 0 unspecified atom stereocenters. The highest BCUT2D eigenvalue weighted by atomic mass is 35.5. The molecule has 0 atom stereocenters. The van der Waals surface area contributed by atoms with Crippen LogP contribution in [0.1, 0.15) is 16.1 Å².